The smallest absolute Gasteiger partial charge is 0.213 e. The molecule has 0 saturated carbocycles. The predicted octanol–water partition coefficient (Wildman–Crippen LogP) is 3.70. The molecule has 0 aliphatic heterocycles. The Morgan fingerprint density at radius 3 is 2.75 bits per heavy atom. The van der Waals surface area contributed by atoms with E-state index in [-0.39, 0.29) is 6.10 Å². The number of rotatable bonds is 9. The predicted molar refractivity (Wildman–Crippen MR) is 95.2 cm³/mol. The van der Waals surface area contributed by atoms with Gasteiger partial charge in [-0.25, -0.2) is 4.98 Å². The van der Waals surface area contributed by atoms with Crippen LogP contribution in [0.4, 0.5) is 0 Å². The molecule has 0 spiro atoms. The lowest BCUT2D eigenvalue weighted by Crippen LogP contribution is -2.21. The number of nitrogens with zero attached hydrogens (tertiary/aromatic N) is 1. The molecule has 1 N–H and O–H groups in total. The first-order valence-corrected chi connectivity index (χ1v) is 8.25. The van der Waals surface area contributed by atoms with Crippen LogP contribution in [0.2, 0.25) is 5.02 Å². The molecule has 24 heavy (non-hydrogen) atoms. The molecule has 0 unspecified atom stereocenters. The van der Waals surface area contributed by atoms with E-state index in [1.165, 1.54) is 0 Å². The fourth-order valence-electron chi connectivity index (χ4n) is 2.12. The second-order valence-electron chi connectivity index (χ2n) is 5.47. The van der Waals surface area contributed by atoms with Crippen molar-refractivity contribution in [2.24, 2.45) is 0 Å². The van der Waals surface area contributed by atoms with E-state index in [2.05, 4.69) is 10.3 Å². The van der Waals surface area contributed by atoms with E-state index < -0.39 is 0 Å². The van der Waals surface area contributed by atoms with Crippen LogP contribution in [0.15, 0.2) is 36.5 Å². The van der Waals surface area contributed by atoms with E-state index in [4.69, 9.17) is 25.8 Å². The Morgan fingerprint density at radius 2 is 2.08 bits per heavy atom. The number of halogens is 1. The first-order chi connectivity index (χ1) is 11.6. The van der Waals surface area contributed by atoms with E-state index in [0.717, 1.165) is 5.56 Å². The van der Waals surface area contributed by atoms with E-state index in [1.807, 2.05) is 44.2 Å². The molecule has 6 heteroatoms. The van der Waals surface area contributed by atoms with Crippen LogP contribution in [0.1, 0.15) is 19.4 Å². The van der Waals surface area contributed by atoms with Crippen LogP contribution in [0.25, 0.3) is 0 Å². The van der Waals surface area contributed by atoms with Gasteiger partial charge in [0.2, 0.25) is 5.88 Å². The number of pyridine rings is 1. The number of hydrogen-bond donors (Lipinski definition) is 1. The van der Waals surface area contributed by atoms with Crippen LogP contribution in [-0.4, -0.2) is 31.3 Å². The second-order valence-corrected chi connectivity index (χ2v) is 5.88. The van der Waals surface area contributed by atoms with Gasteiger partial charge in [0.15, 0.2) is 11.5 Å². The van der Waals surface area contributed by atoms with Gasteiger partial charge < -0.3 is 19.5 Å². The molecule has 2 rings (SSSR count). The van der Waals surface area contributed by atoms with Gasteiger partial charge in [0, 0.05) is 25.4 Å². The number of aromatic nitrogens is 1. The van der Waals surface area contributed by atoms with E-state index in [0.29, 0.717) is 42.1 Å². The quantitative estimate of drug-likeness (QED) is 0.699. The maximum Gasteiger partial charge on any atom is 0.213 e. The number of hydrogen-bond acceptors (Lipinski definition) is 5. The number of ether oxygens (including phenoxy) is 3. The van der Waals surface area contributed by atoms with Crippen LogP contribution in [0, 0.1) is 0 Å². The molecule has 0 saturated heterocycles. The Morgan fingerprint density at radius 1 is 1.25 bits per heavy atom. The van der Waals surface area contributed by atoms with Gasteiger partial charge in [0.25, 0.3) is 0 Å². The molecule has 130 valence electrons. The fourth-order valence-corrected chi connectivity index (χ4v) is 2.40. The molecule has 1 aromatic carbocycles. The highest BCUT2D eigenvalue weighted by molar-refractivity contribution is 6.32. The van der Waals surface area contributed by atoms with Gasteiger partial charge in [0.1, 0.15) is 6.61 Å². The van der Waals surface area contributed by atoms with Gasteiger partial charge in [-0.05, 0) is 37.6 Å². The Kier molecular flexibility index (Phi) is 7.15. The van der Waals surface area contributed by atoms with Gasteiger partial charge in [-0.3, -0.25) is 0 Å². The summed E-state index contributed by atoms with van der Waals surface area (Å²) < 4.78 is 16.6. The third-order valence-electron chi connectivity index (χ3n) is 3.14. The number of methoxy groups -OCH3 is 1. The molecule has 0 radical (unpaired) electrons. The Labute approximate surface area is 147 Å². The molecule has 0 aliphatic carbocycles. The molecule has 5 nitrogen and oxygen atoms in total. The molecule has 0 aliphatic rings. The molecule has 0 atom stereocenters. The SMILES string of the molecule is COc1cc(CNCCOc2ccccn2)cc(Cl)c1OC(C)C. The molecule has 0 bridgehead atoms. The van der Waals surface area contributed by atoms with E-state index >= 15 is 0 Å². The van der Waals surface area contributed by atoms with Gasteiger partial charge in [0.05, 0.1) is 18.2 Å². The van der Waals surface area contributed by atoms with Crippen molar-refractivity contribution in [2.45, 2.75) is 26.5 Å². The lowest BCUT2D eigenvalue weighted by Gasteiger charge is -2.16. The first-order valence-electron chi connectivity index (χ1n) is 7.87. The van der Waals surface area contributed by atoms with Crippen LogP contribution in [-0.2, 0) is 6.54 Å². The molecule has 0 fully saturated rings. The highest BCUT2D eigenvalue weighted by Crippen LogP contribution is 2.37. The normalized spacial score (nSPS) is 10.7. The monoisotopic (exact) mass is 350 g/mol. The minimum atomic E-state index is 0.0316. The number of nitrogens with one attached hydrogen (secondary N) is 1. The minimum absolute atomic E-state index is 0.0316. The highest BCUT2D eigenvalue weighted by atomic mass is 35.5. The van der Waals surface area contributed by atoms with Crippen molar-refractivity contribution in [1.29, 1.82) is 0 Å². The molecule has 1 heterocycles. The molecule has 2 aromatic rings. The average molecular weight is 351 g/mol. The van der Waals surface area contributed by atoms with Crippen LogP contribution in [0.3, 0.4) is 0 Å². The minimum Gasteiger partial charge on any atom is -0.493 e. The topological polar surface area (TPSA) is 52.6 Å². The van der Waals surface area contributed by atoms with Gasteiger partial charge in [-0.1, -0.05) is 17.7 Å². The largest absolute Gasteiger partial charge is 0.493 e. The highest BCUT2D eigenvalue weighted by Gasteiger charge is 2.13. The average Bonchev–Trinajstić information content (AvgIpc) is 2.57. The zero-order valence-corrected chi connectivity index (χ0v) is 15.0. The van der Waals surface area contributed by atoms with E-state index in [9.17, 15) is 0 Å². The molecule has 1 aromatic heterocycles. The van der Waals surface area contributed by atoms with Gasteiger partial charge in [-0.2, -0.15) is 0 Å². The third-order valence-corrected chi connectivity index (χ3v) is 3.42. The van der Waals surface area contributed by atoms with E-state index in [1.54, 1.807) is 13.3 Å². The second kappa shape index (κ2) is 9.35. The summed E-state index contributed by atoms with van der Waals surface area (Å²) in [7, 11) is 1.61. The summed E-state index contributed by atoms with van der Waals surface area (Å²) in [6.45, 7) is 5.79. The summed E-state index contributed by atoms with van der Waals surface area (Å²) in [5.41, 5.74) is 1.02. The summed E-state index contributed by atoms with van der Waals surface area (Å²) in [5, 5.41) is 3.85. The third kappa shape index (κ3) is 5.58. The summed E-state index contributed by atoms with van der Waals surface area (Å²) in [5.74, 6) is 1.84. The van der Waals surface area contributed by atoms with Crippen LogP contribution in [0.5, 0.6) is 17.4 Å². The molecule has 0 amide bonds. The Bertz CT molecular complexity index is 636. The zero-order valence-electron chi connectivity index (χ0n) is 14.2. The lowest BCUT2D eigenvalue weighted by molar-refractivity contribution is 0.230. The zero-order chi connectivity index (χ0) is 17.4. The Balaban J connectivity index is 1.85. The van der Waals surface area contributed by atoms with Gasteiger partial charge in [-0.15, -0.1) is 0 Å². The van der Waals surface area contributed by atoms with Crippen molar-refractivity contribution in [3.05, 3.63) is 47.1 Å². The van der Waals surface area contributed by atoms with Crippen molar-refractivity contribution >= 4 is 11.6 Å². The number of benzene rings is 1. The maximum absolute atomic E-state index is 6.31. The standard InChI is InChI=1S/C18H23ClN2O3/c1-13(2)24-18-15(19)10-14(11-16(18)22-3)12-20-8-9-23-17-6-4-5-7-21-17/h4-7,10-11,13,20H,8-9,12H2,1-3H3. The summed E-state index contributed by atoms with van der Waals surface area (Å²) in [4.78, 5) is 4.10. The lowest BCUT2D eigenvalue weighted by atomic mass is 10.2. The van der Waals surface area contributed by atoms with Crippen LogP contribution >= 0.6 is 11.6 Å². The molecular weight excluding hydrogens is 328 g/mol. The summed E-state index contributed by atoms with van der Waals surface area (Å²) in [6, 6.07) is 9.39. The first kappa shape index (κ1) is 18.4. The summed E-state index contributed by atoms with van der Waals surface area (Å²) >= 11 is 6.31. The summed E-state index contributed by atoms with van der Waals surface area (Å²) in [6.07, 6.45) is 1.74. The maximum atomic E-state index is 6.31. The van der Waals surface area contributed by atoms with Crippen LogP contribution < -0.4 is 19.5 Å². The Hall–Kier alpha value is -1.98. The van der Waals surface area contributed by atoms with Crippen molar-refractivity contribution in [2.75, 3.05) is 20.3 Å². The van der Waals surface area contributed by atoms with Crippen molar-refractivity contribution in [3.8, 4) is 17.4 Å². The molecular formula is C18H23ClN2O3. The van der Waals surface area contributed by atoms with Crippen molar-refractivity contribution in [1.82, 2.24) is 10.3 Å². The van der Waals surface area contributed by atoms with Crippen molar-refractivity contribution < 1.29 is 14.2 Å². The van der Waals surface area contributed by atoms with Gasteiger partial charge >= 0.3 is 0 Å². The fraction of sp³-hybridized carbons (Fsp3) is 0.389. The van der Waals surface area contributed by atoms with Crippen molar-refractivity contribution in [3.63, 3.8) is 0 Å².